The van der Waals surface area contributed by atoms with Gasteiger partial charge in [0.25, 0.3) is 6.47 Å². The summed E-state index contributed by atoms with van der Waals surface area (Å²) in [5, 5.41) is 3.08. The van der Waals surface area contributed by atoms with Gasteiger partial charge in [-0.25, -0.2) is 0 Å². The fourth-order valence-electron chi connectivity index (χ4n) is 1.75. The largest absolute Gasteiger partial charge is 0.463 e. The van der Waals surface area contributed by atoms with Crippen LogP contribution < -0.4 is 5.32 Å². The van der Waals surface area contributed by atoms with Crippen molar-refractivity contribution in [1.82, 2.24) is 0 Å². The number of carbonyl (C=O) groups is 1. The van der Waals surface area contributed by atoms with Gasteiger partial charge in [0.1, 0.15) is 6.61 Å². The van der Waals surface area contributed by atoms with Gasteiger partial charge >= 0.3 is 0 Å². The Morgan fingerprint density at radius 2 is 2.29 bits per heavy atom. The molecule has 0 unspecified atom stereocenters. The minimum absolute atomic E-state index is 0.285. The maximum absolute atomic E-state index is 10.2. The minimum atomic E-state index is 0.285. The van der Waals surface area contributed by atoms with Crippen LogP contribution in [0.25, 0.3) is 5.57 Å². The Balaban J connectivity index is 2.95. The Morgan fingerprint density at radius 1 is 1.53 bits per heavy atom. The molecule has 1 rings (SSSR count). The van der Waals surface area contributed by atoms with Crippen molar-refractivity contribution in [2.24, 2.45) is 0 Å². The van der Waals surface area contributed by atoms with Gasteiger partial charge in [-0.1, -0.05) is 26.0 Å². The van der Waals surface area contributed by atoms with E-state index in [0.29, 0.717) is 6.47 Å². The van der Waals surface area contributed by atoms with Gasteiger partial charge in [0.2, 0.25) is 0 Å². The number of carbonyl (C=O) groups excluding carboxylic acids is 1. The molecular weight excluding hydrogens is 214 g/mol. The molecule has 1 aromatic carbocycles. The lowest BCUT2D eigenvalue weighted by Crippen LogP contribution is -1.99. The van der Waals surface area contributed by atoms with Crippen LogP contribution in [-0.4, -0.2) is 13.5 Å². The Bertz CT molecular complexity index is 399. The lowest BCUT2D eigenvalue weighted by atomic mass is 10.00. The molecule has 0 aliphatic heterocycles. The maximum atomic E-state index is 10.2. The molecule has 0 aliphatic rings. The molecule has 0 saturated heterocycles. The van der Waals surface area contributed by atoms with Crippen LogP contribution in [0.2, 0.25) is 0 Å². The molecule has 0 aliphatic carbocycles. The van der Waals surface area contributed by atoms with Gasteiger partial charge in [0.05, 0.1) is 0 Å². The molecule has 0 amide bonds. The van der Waals surface area contributed by atoms with E-state index in [1.165, 1.54) is 0 Å². The third-order valence-electron chi connectivity index (χ3n) is 2.64. The van der Waals surface area contributed by atoms with Crippen LogP contribution in [0, 0.1) is 0 Å². The first kappa shape index (κ1) is 13.3. The number of rotatable bonds is 7. The molecule has 0 bridgehead atoms. The molecule has 0 heterocycles. The van der Waals surface area contributed by atoms with Gasteiger partial charge in [-0.05, 0) is 29.7 Å². The molecule has 3 heteroatoms. The van der Waals surface area contributed by atoms with E-state index in [2.05, 4.69) is 18.8 Å². The third-order valence-corrected chi connectivity index (χ3v) is 2.64. The van der Waals surface area contributed by atoms with E-state index in [1.807, 2.05) is 25.2 Å². The Morgan fingerprint density at radius 3 is 2.88 bits per heavy atom. The average Bonchev–Trinajstić information content (AvgIpc) is 2.36. The summed E-state index contributed by atoms with van der Waals surface area (Å²) in [6, 6.07) is 6.04. The van der Waals surface area contributed by atoms with Gasteiger partial charge < -0.3 is 10.1 Å². The quantitative estimate of drug-likeness (QED) is 0.735. The van der Waals surface area contributed by atoms with Crippen LogP contribution in [0.5, 0.6) is 0 Å². The second-order valence-corrected chi connectivity index (χ2v) is 3.88. The van der Waals surface area contributed by atoms with Gasteiger partial charge in [0.15, 0.2) is 0 Å². The highest BCUT2D eigenvalue weighted by Gasteiger charge is 2.05. The van der Waals surface area contributed by atoms with E-state index in [4.69, 9.17) is 4.74 Å². The van der Waals surface area contributed by atoms with E-state index < -0.39 is 0 Å². The first-order valence-electron chi connectivity index (χ1n) is 5.77. The van der Waals surface area contributed by atoms with E-state index in [0.717, 1.165) is 35.2 Å². The number of anilines is 1. The van der Waals surface area contributed by atoms with Crippen LogP contribution in [0.15, 0.2) is 24.8 Å². The molecule has 0 saturated carbocycles. The smallest absolute Gasteiger partial charge is 0.293 e. The van der Waals surface area contributed by atoms with Gasteiger partial charge in [-0.15, -0.1) is 0 Å². The normalized spacial score (nSPS) is 9.76. The van der Waals surface area contributed by atoms with Crippen molar-refractivity contribution in [2.45, 2.75) is 26.4 Å². The summed E-state index contributed by atoms with van der Waals surface area (Å²) in [5.74, 6) is 0. The van der Waals surface area contributed by atoms with Gasteiger partial charge in [-0.2, -0.15) is 0 Å². The maximum Gasteiger partial charge on any atom is 0.293 e. The number of allylic oxidation sites excluding steroid dienone is 1. The summed E-state index contributed by atoms with van der Waals surface area (Å²) in [5.41, 5.74) is 4.16. The second kappa shape index (κ2) is 6.74. The Labute approximate surface area is 102 Å². The first-order chi connectivity index (χ1) is 8.22. The average molecular weight is 233 g/mol. The SMILES string of the molecule is C=C(CCC)c1ccc(NC)c(COC=O)c1. The number of benzene rings is 1. The van der Waals surface area contributed by atoms with Crippen molar-refractivity contribution < 1.29 is 9.53 Å². The van der Waals surface area contributed by atoms with Crippen LogP contribution in [-0.2, 0) is 16.1 Å². The summed E-state index contributed by atoms with van der Waals surface area (Å²) in [6.45, 7) is 6.94. The predicted molar refractivity (Wildman–Crippen MR) is 70.8 cm³/mol. The molecule has 0 radical (unpaired) electrons. The van der Waals surface area contributed by atoms with Gasteiger partial charge in [0, 0.05) is 18.3 Å². The van der Waals surface area contributed by atoms with Crippen molar-refractivity contribution in [3.8, 4) is 0 Å². The lowest BCUT2D eigenvalue weighted by molar-refractivity contribution is -0.129. The molecule has 0 atom stereocenters. The van der Waals surface area contributed by atoms with E-state index >= 15 is 0 Å². The summed E-state index contributed by atoms with van der Waals surface area (Å²) in [4.78, 5) is 10.2. The van der Waals surface area contributed by atoms with Crippen LogP contribution in [0.3, 0.4) is 0 Å². The lowest BCUT2D eigenvalue weighted by Gasteiger charge is -2.12. The Kier molecular flexibility index (Phi) is 5.27. The molecule has 0 spiro atoms. The second-order valence-electron chi connectivity index (χ2n) is 3.88. The molecule has 1 aromatic rings. The molecule has 0 aromatic heterocycles. The topological polar surface area (TPSA) is 38.3 Å². The molecule has 3 nitrogen and oxygen atoms in total. The summed E-state index contributed by atoms with van der Waals surface area (Å²) < 4.78 is 4.81. The Hall–Kier alpha value is -1.77. The van der Waals surface area contributed by atoms with E-state index in [9.17, 15) is 4.79 Å². The molecule has 92 valence electrons. The van der Waals surface area contributed by atoms with E-state index in [1.54, 1.807) is 0 Å². The number of ether oxygens (including phenoxy) is 1. The molecule has 0 fully saturated rings. The third kappa shape index (κ3) is 3.63. The van der Waals surface area contributed by atoms with E-state index in [-0.39, 0.29) is 6.61 Å². The molecule has 17 heavy (non-hydrogen) atoms. The van der Waals surface area contributed by atoms with Crippen LogP contribution in [0.4, 0.5) is 5.69 Å². The highest BCUT2D eigenvalue weighted by atomic mass is 16.5. The van der Waals surface area contributed by atoms with Gasteiger partial charge in [-0.3, -0.25) is 4.79 Å². The van der Waals surface area contributed by atoms with Crippen LogP contribution >= 0.6 is 0 Å². The van der Waals surface area contributed by atoms with Crippen LogP contribution in [0.1, 0.15) is 30.9 Å². The fourth-order valence-corrected chi connectivity index (χ4v) is 1.75. The minimum Gasteiger partial charge on any atom is -0.463 e. The van der Waals surface area contributed by atoms with Crippen molar-refractivity contribution in [1.29, 1.82) is 0 Å². The summed E-state index contributed by atoms with van der Waals surface area (Å²) >= 11 is 0. The monoisotopic (exact) mass is 233 g/mol. The zero-order valence-electron chi connectivity index (χ0n) is 10.5. The van der Waals surface area contributed by atoms with Crippen molar-refractivity contribution in [2.75, 3.05) is 12.4 Å². The van der Waals surface area contributed by atoms with Crippen molar-refractivity contribution in [3.05, 3.63) is 35.9 Å². The number of hydrogen-bond acceptors (Lipinski definition) is 3. The summed E-state index contributed by atoms with van der Waals surface area (Å²) in [7, 11) is 1.85. The van der Waals surface area contributed by atoms with Crippen molar-refractivity contribution in [3.63, 3.8) is 0 Å². The first-order valence-corrected chi connectivity index (χ1v) is 5.77. The zero-order valence-corrected chi connectivity index (χ0v) is 10.5. The molecule has 1 N–H and O–H groups in total. The molecular formula is C14H19NO2. The standard InChI is InChI=1S/C14H19NO2/c1-4-5-11(2)12-6-7-14(15-3)13(8-12)9-17-10-16/h6-8,10,15H,2,4-5,9H2,1,3H3. The highest BCUT2D eigenvalue weighted by molar-refractivity contribution is 5.67. The van der Waals surface area contributed by atoms with Crippen molar-refractivity contribution >= 4 is 17.7 Å². The number of hydrogen-bond donors (Lipinski definition) is 1. The fraction of sp³-hybridized carbons (Fsp3) is 0.357. The number of nitrogens with one attached hydrogen (secondary N) is 1. The predicted octanol–water partition coefficient (Wildman–Crippen LogP) is 3.21. The highest BCUT2D eigenvalue weighted by Crippen LogP contribution is 2.24. The zero-order chi connectivity index (χ0) is 12.7. The summed E-state index contributed by atoms with van der Waals surface area (Å²) in [6.07, 6.45) is 2.06.